The van der Waals surface area contributed by atoms with E-state index in [4.69, 9.17) is 27.9 Å². The highest BCUT2D eigenvalue weighted by atomic mass is 35.5. The van der Waals surface area contributed by atoms with Crippen LogP contribution in [0.25, 0.3) is 0 Å². The summed E-state index contributed by atoms with van der Waals surface area (Å²) in [5.74, 6) is -0.787. The highest BCUT2D eigenvalue weighted by molar-refractivity contribution is 6.36. The lowest BCUT2D eigenvalue weighted by atomic mass is 9.54. The number of carbonyl (C=O) groups is 3. The summed E-state index contributed by atoms with van der Waals surface area (Å²) in [5, 5.41) is 2.94. The van der Waals surface area contributed by atoms with Crippen molar-refractivity contribution in [2.45, 2.75) is 61.6 Å². The van der Waals surface area contributed by atoms with Crippen LogP contribution in [0.3, 0.4) is 0 Å². The first kappa shape index (κ1) is 32.4. The van der Waals surface area contributed by atoms with Gasteiger partial charge in [0.15, 0.2) is 0 Å². The molecule has 2 atom stereocenters. The first-order valence-electron chi connectivity index (χ1n) is 16.6. The number of hydrogen-bond acceptors (Lipinski definition) is 4. The maximum atomic E-state index is 13.9. The maximum Gasteiger partial charge on any atom is 0.235 e. The fourth-order valence-electron chi connectivity index (χ4n) is 7.67. The molecule has 0 unspecified atom stereocenters. The van der Waals surface area contributed by atoms with Gasteiger partial charge in [0, 0.05) is 18.7 Å². The van der Waals surface area contributed by atoms with Crippen molar-refractivity contribution in [1.82, 2.24) is 4.90 Å². The number of halogens is 2. The fourth-order valence-corrected chi connectivity index (χ4v) is 8.76. The SMILES string of the molecule is CC(C)(C)c1ccc(Oc2ccc(NC(=O)CCCCCN3C(=O)[C@H]4[C@H](C3=O)C3(Cl)c5ccccc5C4(Cl)c4ccccc43)cc2)cc1. The van der Waals surface area contributed by atoms with Crippen LogP contribution in [0.5, 0.6) is 11.5 Å². The molecule has 1 fully saturated rings. The first-order chi connectivity index (χ1) is 22.9. The molecule has 2 bridgehead atoms. The highest BCUT2D eigenvalue weighted by Gasteiger charge is 2.72. The zero-order valence-electron chi connectivity index (χ0n) is 27.3. The van der Waals surface area contributed by atoms with Gasteiger partial charge < -0.3 is 10.1 Å². The zero-order valence-corrected chi connectivity index (χ0v) is 28.8. The summed E-state index contributed by atoms with van der Waals surface area (Å²) in [6.07, 6.45) is 2.21. The molecule has 1 saturated heterocycles. The Labute approximate surface area is 291 Å². The number of nitrogens with zero attached hydrogens (tertiary/aromatic N) is 1. The summed E-state index contributed by atoms with van der Waals surface area (Å²) in [4.78, 5) is 39.6. The van der Waals surface area contributed by atoms with Gasteiger partial charge in [-0.1, -0.05) is 87.9 Å². The molecule has 4 aromatic carbocycles. The van der Waals surface area contributed by atoms with Crippen molar-refractivity contribution in [3.63, 3.8) is 0 Å². The van der Waals surface area contributed by atoms with E-state index in [1.165, 1.54) is 10.5 Å². The number of carbonyl (C=O) groups excluding carboxylic acids is 3. The summed E-state index contributed by atoms with van der Waals surface area (Å²) in [5.41, 5.74) is 5.18. The molecule has 1 N–H and O–H groups in total. The molecule has 0 saturated carbocycles. The maximum absolute atomic E-state index is 13.9. The Morgan fingerprint density at radius 1 is 0.708 bits per heavy atom. The lowest BCUT2D eigenvalue weighted by Crippen LogP contribution is -2.57. The van der Waals surface area contributed by atoms with Crippen LogP contribution in [-0.2, 0) is 29.5 Å². The van der Waals surface area contributed by atoms with E-state index in [1.807, 2.05) is 84.9 Å². The molecule has 6 nitrogen and oxygen atoms in total. The van der Waals surface area contributed by atoms with Crippen LogP contribution >= 0.6 is 23.2 Å². The molecule has 1 heterocycles. The first-order valence-corrected chi connectivity index (χ1v) is 17.3. The van der Waals surface area contributed by atoms with Crippen molar-refractivity contribution >= 4 is 46.6 Å². The number of benzene rings is 4. The highest BCUT2D eigenvalue weighted by Crippen LogP contribution is 2.69. The summed E-state index contributed by atoms with van der Waals surface area (Å²) in [7, 11) is 0. The van der Waals surface area contributed by atoms with Gasteiger partial charge in [0.2, 0.25) is 17.7 Å². The summed E-state index contributed by atoms with van der Waals surface area (Å²) < 4.78 is 5.97. The van der Waals surface area contributed by atoms with Crippen LogP contribution < -0.4 is 10.1 Å². The third-order valence-electron chi connectivity index (χ3n) is 10.1. The molecule has 3 amide bonds. The lowest BCUT2D eigenvalue weighted by Gasteiger charge is -2.54. The Morgan fingerprint density at radius 3 is 1.62 bits per heavy atom. The van der Waals surface area contributed by atoms with Crippen molar-refractivity contribution < 1.29 is 19.1 Å². The molecule has 4 aliphatic rings. The van der Waals surface area contributed by atoms with E-state index in [0.29, 0.717) is 37.1 Å². The number of amides is 3. The lowest BCUT2D eigenvalue weighted by molar-refractivity contribution is -0.140. The third kappa shape index (κ3) is 5.21. The molecule has 1 aliphatic heterocycles. The fraction of sp³-hybridized carbons (Fsp3) is 0.325. The monoisotopic (exact) mass is 680 g/mol. The Balaban J connectivity index is 0.926. The Hall–Kier alpha value is -4.13. The van der Waals surface area contributed by atoms with Gasteiger partial charge in [-0.25, -0.2) is 0 Å². The number of hydrogen-bond donors (Lipinski definition) is 1. The summed E-state index contributed by atoms with van der Waals surface area (Å²) in [6.45, 7) is 6.78. The Morgan fingerprint density at radius 2 is 1.17 bits per heavy atom. The molecule has 8 heteroatoms. The van der Waals surface area contributed by atoms with E-state index >= 15 is 0 Å². The van der Waals surface area contributed by atoms with Crippen LogP contribution in [0.4, 0.5) is 5.69 Å². The molecule has 0 aromatic heterocycles. The van der Waals surface area contributed by atoms with E-state index in [-0.39, 0.29) is 29.7 Å². The van der Waals surface area contributed by atoms with Gasteiger partial charge in [-0.05, 0) is 82.5 Å². The number of nitrogens with one attached hydrogen (secondary N) is 1. The van der Waals surface area contributed by atoms with E-state index in [1.54, 1.807) is 0 Å². The summed E-state index contributed by atoms with van der Waals surface area (Å²) >= 11 is 15.0. The topological polar surface area (TPSA) is 75.7 Å². The largest absolute Gasteiger partial charge is 0.457 e. The Bertz CT molecular complexity index is 1780. The van der Waals surface area contributed by atoms with E-state index in [0.717, 1.165) is 28.0 Å². The molecular weight excluding hydrogens is 643 g/mol. The van der Waals surface area contributed by atoms with Crippen LogP contribution in [-0.4, -0.2) is 29.2 Å². The number of rotatable bonds is 9. The van der Waals surface area contributed by atoms with Crippen LogP contribution in [0.2, 0.25) is 0 Å². The molecule has 246 valence electrons. The standard InChI is InChI=1S/C40H38Cl2N2O4/c1-38(2,3)25-16-20-27(21-17-25)48-28-22-18-26(19-23-28)43-33(45)15-5-4-10-24-44-36(46)34-35(37(44)47)40(42)30-12-7-6-11-29(30)39(34,41)31-13-8-9-14-32(31)40/h6-9,11-14,16-23,34-35H,4-5,10,15,24H2,1-3H3,(H,43,45)/t34-,35-,39?,40?/m1/s1. The van der Waals surface area contributed by atoms with Gasteiger partial charge in [0.05, 0.1) is 11.8 Å². The third-order valence-corrected chi connectivity index (χ3v) is 11.3. The normalized spacial score (nSPS) is 23.8. The van der Waals surface area contributed by atoms with Crippen molar-refractivity contribution in [2.24, 2.45) is 11.8 Å². The predicted molar refractivity (Wildman–Crippen MR) is 189 cm³/mol. The molecule has 4 aromatic rings. The van der Waals surface area contributed by atoms with Gasteiger partial charge in [0.25, 0.3) is 0 Å². The average Bonchev–Trinajstić information content (AvgIpc) is 3.34. The molecule has 0 spiro atoms. The van der Waals surface area contributed by atoms with Gasteiger partial charge in [-0.2, -0.15) is 0 Å². The average molecular weight is 682 g/mol. The van der Waals surface area contributed by atoms with Crippen LogP contribution in [0.15, 0.2) is 97.1 Å². The van der Waals surface area contributed by atoms with Gasteiger partial charge >= 0.3 is 0 Å². The van der Waals surface area contributed by atoms with Crippen molar-refractivity contribution in [3.8, 4) is 11.5 Å². The van der Waals surface area contributed by atoms with Gasteiger partial charge in [-0.15, -0.1) is 23.2 Å². The second-order valence-electron chi connectivity index (χ2n) is 14.1. The van der Waals surface area contributed by atoms with E-state index in [2.05, 4.69) is 38.2 Å². The van der Waals surface area contributed by atoms with E-state index in [9.17, 15) is 14.4 Å². The molecule has 3 aliphatic carbocycles. The minimum atomic E-state index is -1.17. The van der Waals surface area contributed by atoms with Crippen molar-refractivity contribution in [3.05, 3.63) is 125 Å². The molecule has 8 rings (SSSR count). The van der Waals surface area contributed by atoms with E-state index < -0.39 is 21.6 Å². The number of unbranched alkanes of at least 4 members (excludes halogenated alkanes) is 2. The molecular formula is C40H38Cl2N2O4. The molecule has 48 heavy (non-hydrogen) atoms. The number of likely N-dealkylation sites (tertiary alicyclic amines) is 1. The van der Waals surface area contributed by atoms with Crippen LogP contribution in [0, 0.1) is 11.8 Å². The predicted octanol–water partition coefficient (Wildman–Crippen LogP) is 8.87. The quantitative estimate of drug-likeness (QED) is 0.109. The minimum Gasteiger partial charge on any atom is -0.457 e. The van der Waals surface area contributed by atoms with Crippen molar-refractivity contribution in [1.29, 1.82) is 0 Å². The molecule has 0 radical (unpaired) electrons. The van der Waals surface area contributed by atoms with Crippen LogP contribution in [0.1, 0.15) is 74.3 Å². The number of anilines is 1. The second kappa shape index (κ2) is 12.1. The zero-order chi connectivity index (χ0) is 33.8. The number of imide groups is 1. The second-order valence-corrected chi connectivity index (χ2v) is 15.3. The number of alkyl halides is 2. The number of ether oxygens (including phenoxy) is 1. The minimum absolute atomic E-state index is 0.0762. The van der Waals surface area contributed by atoms with Gasteiger partial charge in [0.1, 0.15) is 21.2 Å². The summed E-state index contributed by atoms with van der Waals surface area (Å²) in [6, 6.07) is 30.6. The van der Waals surface area contributed by atoms with Gasteiger partial charge in [-0.3, -0.25) is 19.3 Å². The van der Waals surface area contributed by atoms with Crippen molar-refractivity contribution in [2.75, 3.05) is 11.9 Å². The smallest absolute Gasteiger partial charge is 0.235 e. The Kier molecular flexibility index (Phi) is 8.16.